The maximum absolute atomic E-state index is 3.96. The molecule has 0 nitrogen and oxygen atoms in total. The molecule has 1 heterocycles. The fourth-order valence-corrected chi connectivity index (χ4v) is 8.27. The van der Waals surface area contributed by atoms with E-state index in [4.69, 9.17) is 0 Å². The molecule has 0 unspecified atom stereocenters. The van der Waals surface area contributed by atoms with Crippen LogP contribution in [0.25, 0.3) is 92.8 Å². The minimum atomic E-state index is 1.15. The molecule has 1 heteroatoms. The molecular weight excluding hydrogens is 647 g/mol. The summed E-state index contributed by atoms with van der Waals surface area (Å²) in [7, 11) is 0. The number of fused-ring (bicyclic) bond motifs is 6. The summed E-state index contributed by atoms with van der Waals surface area (Å²) in [6.07, 6.45) is 8.23. The molecule has 0 aliphatic rings. The van der Waals surface area contributed by atoms with E-state index < -0.39 is 0 Å². The standard InChI is InChI=1S/C53H39B/c1-4-6-12-36(5-2)46-24-22-43-33-44(23-25-47(35(46)3)41-20-18-37-13-7-9-15-39(37)31-41)50-28-29-51(45-17-11-30-54-34-45)53-48(26-27-49(43)52(50)53)42-21-19-38-14-8-10-16-40(38)32-42/h4-34H,1H2,2-3H3/b12-6-,24-22?,25-23?,36-5+,43-22?,44-23?,46-24?,46-35?,47-25?,47-35?. The fraction of sp³-hybridized carbons (Fsp3) is 0.0377. The summed E-state index contributed by atoms with van der Waals surface area (Å²) >= 11 is 0. The van der Waals surface area contributed by atoms with E-state index in [1.807, 2.05) is 12.2 Å². The molecule has 0 saturated heterocycles. The van der Waals surface area contributed by atoms with E-state index in [-0.39, 0.29) is 0 Å². The second-order valence-electron chi connectivity index (χ2n) is 14.1. The molecular formula is C53H39B. The van der Waals surface area contributed by atoms with E-state index in [1.165, 1.54) is 98.4 Å². The Hall–Kier alpha value is -6.57. The van der Waals surface area contributed by atoms with E-state index in [1.54, 1.807) is 0 Å². The molecule has 254 valence electrons. The Labute approximate surface area is 317 Å². The fourth-order valence-electron chi connectivity index (χ4n) is 8.27. The van der Waals surface area contributed by atoms with Crippen molar-refractivity contribution in [2.24, 2.45) is 0 Å². The second-order valence-corrected chi connectivity index (χ2v) is 14.1. The van der Waals surface area contributed by atoms with E-state index in [9.17, 15) is 0 Å². The molecule has 0 fully saturated rings. The summed E-state index contributed by atoms with van der Waals surface area (Å²) in [4.78, 5) is 0. The van der Waals surface area contributed by atoms with Gasteiger partial charge < -0.3 is 0 Å². The van der Waals surface area contributed by atoms with Gasteiger partial charge in [0, 0.05) is 0 Å². The van der Waals surface area contributed by atoms with Crippen molar-refractivity contribution in [3.8, 4) is 33.4 Å². The van der Waals surface area contributed by atoms with Gasteiger partial charge in [-0.15, -0.1) is 0 Å². The van der Waals surface area contributed by atoms with Gasteiger partial charge in [0.05, 0.1) is 0 Å². The first-order valence-electron chi connectivity index (χ1n) is 18.7. The van der Waals surface area contributed by atoms with Crippen LogP contribution < -0.4 is 0 Å². The van der Waals surface area contributed by atoms with Gasteiger partial charge in [0.15, 0.2) is 0 Å². The molecule has 0 aliphatic heterocycles. The van der Waals surface area contributed by atoms with Crippen molar-refractivity contribution in [2.75, 3.05) is 0 Å². The average molecular weight is 687 g/mol. The molecule has 9 rings (SSSR count). The molecule has 0 atom stereocenters. The van der Waals surface area contributed by atoms with Crippen LogP contribution in [-0.2, 0) is 0 Å². The van der Waals surface area contributed by atoms with Crippen molar-refractivity contribution in [3.05, 3.63) is 206 Å². The molecule has 0 radical (unpaired) electrons. The topological polar surface area (TPSA) is 0 Å². The zero-order chi connectivity index (χ0) is 36.6. The van der Waals surface area contributed by atoms with Gasteiger partial charge in [-0.05, 0) is 17.7 Å². The number of hydrogen-bond donors (Lipinski definition) is 0. The van der Waals surface area contributed by atoms with Crippen LogP contribution in [0, 0.1) is 6.92 Å². The Bertz CT molecular complexity index is 3020. The molecule has 2 bridgehead atoms. The van der Waals surface area contributed by atoms with Crippen molar-refractivity contribution < 1.29 is 0 Å². The average Bonchev–Trinajstić information content (AvgIpc) is 3.23. The number of benzene rings is 7. The Balaban J connectivity index is 1.42. The molecule has 0 spiro atoms. The van der Waals surface area contributed by atoms with E-state index in [0.29, 0.717) is 0 Å². The molecule has 8 aromatic carbocycles. The van der Waals surface area contributed by atoms with Crippen LogP contribution in [0.5, 0.6) is 0 Å². The predicted octanol–water partition coefficient (Wildman–Crippen LogP) is 14.8. The number of allylic oxidation sites excluding steroid dienone is 5. The summed E-state index contributed by atoms with van der Waals surface area (Å²) in [6.45, 7) is 10.5. The first-order valence-corrected chi connectivity index (χ1v) is 18.7. The van der Waals surface area contributed by atoms with Crippen molar-refractivity contribution >= 4 is 66.3 Å². The van der Waals surface area contributed by atoms with Crippen molar-refractivity contribution in [1.29, 1.82) is 0 Å². The van der Waals surface area contributed by atoms with Crippen LogP contribution in [0.4, 0.5) is 0 Å². The first kappa shape index (κ1) is 33.3. The van der Waals surface area contributed by atoms with Crippen LogP contribution in [0.15, 0.2) is 194 Å². The monoisotopic (exact) mass is 686 g/mol. The molecule has 1 aromatic heterocycles. The molecule has 0 aliphatic carbocycles. The second kappa shape index (κ2) is 14.1. The summed E-state index contributed by atoms with van der Waals surface area (Å²) in [5, 5.41) is 12.4. The van der Waals surface area contributed by atoms with Gasteiger partial charge in [-0.2, -0.15) is 0 Å². The van der Waals surface area contributed by atoms with Crippen molar-refractivity contribution in [3.63, 3.8) is 0 Å². The Morgan fingerprint density at radius 2 is 1.09 bits per heavy atom. The summed E-state index contributed by atoms with van der Waals surface area (Å²) in [6, 6.07) is 56.3. The van der Waals surface area contributed by atoms with Gasteiger partial charge in [0.25, 0.3) is 0 Å². The summed E-state index contributed by atoms with van der Waals surface area (Å²) in [5.41, 5.74) is 10.9. The van der Waals surface area contributed by atoms with Crippen LogP contribution in [-0.4, -0.2) is 6.91 Å². The third kappa shape index (κ3) is 5.89. The number of hydrogen-bond acceptors (Lipinski definition) is 0. The molecule has 9 aromatic rings. The van der Waals surface area contributed by atoms with Crippen LogP contribution >= 0.6 is 0 Å². The quantitative estimate of drug-likeness (QED) is 0.153. The number of rotatable bonds is 6. The van der Waals surface area contributed by atoms with Crippen molar-refractivity contribution in [1.82, 2.24) is 0 Å². The summed E-state index contributed by atoms with van der Waals surface area (Å²) in [5.74, 6) is 4.33. The van der Waals surface area contributed by atoms with E-state index >= 15 is 0 Å². The third-order valence-corrected chi connectivity index (χ3v) is 11.0. The molecule has 54 heavy (non-hydrogen) atoms. The zero-order valence-electron chi connectivity index (χ0n) is 30.7. The van der Waals surface area contributed by atoms with Crippen LogP contribution in [0.2, 0.25) is 0 Å². The molecule has 0 N–H and O–H groups in total. The van der Waals surface area contributed by atoms with Gasteiger partial charge in [-0.1, -0.05) is 49.1 Å². The normalized spacial score (nSPS) is 11.9. The Kier molecular flexibility index (Phi) is 8.69. The maximum atomic E-state index is 3.96. The Morgan fingerprint density at radius 3 is 1.70 bits per heavy atom. The Morgan fingerprint density at radius 1 is 0.519 bits per heavy atom. The van der Waals surface area contributed by atoms with E-state index in [0.717, 1.165) is 5.57 Å². The van der Waals surface area contributed by atoms with Crippen LogP contribution in [0.3, 0.4) is 0 Å². The zero-order valence-corrected chi connectivity index (χ0v) is 30.7. The van der Waals surface area contributed by atoms with Gasteiger partial charge in [0.1, 0.15) is 0 Å². The molecule has 0 amide bonds. The van der Waals surface area contributed by atoms with Gasteiger partial charge in [-0.25, -0.2) is 0 Å². The third-order valence-electron chi connectivity index (χ3n) is 11.0. The van der Waals surface area contributed by atoms with Crippen LogP contribution in [0.1, 0.15) is 18.1 Å². The molecule has 0 saturated carbocycles. The van der Waals surface area contributed by atoms with Gasteiger partial charge >= 0.3 is 252 Å². The summed E-state index contributed by atoms with van der Waals surface area (Å²) < 4.78 is 0. The predicted molar refractivity (Wildman–Crippen MR) is 238 cm³/mol. The first-order chi connectivity index (χ1) is 26.6. The minimum absolute atomic E-state index is 1.15. The van der Waals surface area contributed by atoms with Gasteiger partial charge in [0.2, 0.25) is 0 Å². The SMILES string of the molecule is C=C/C=C\C(=C/C)c1ccc2cc(ccc(-c3ccc4ccccc4c3)c1C)c1ccc(-c3cbccc3)c3c(-c4ccc5ccccc5c4)ccc2c31. The van der Waals surface area contributed by atoms with Gasteiger partial charge in [-0.3, -0.25) is 0 Å². The van der Waals surface area contributed by atoms with E-state index in [2.05, 4.69) is 203 Å². The van der Waals surface area contributed by atoms with Crippen molar-refractivity contribution in [2.45, 2.75) is 13.8 Å².